The van der Waals surface area contributed by atoms with Crippen molar-refractivity contribution in [1.82, 2.24) is 36.1 Å². The Bertz CT molecular complexity index is 2040. The average molecular weight is 1160 g/mol. The van der Waals surface area contributed by atoms with E-state index < -0.39 is 72.0 Å². The number of amides is 7. The number of aliphatic hydroxyl groups excluding tert-OH is 1. The number of benzene rings is 1. The van der Waals surface area contributed by atoms with Crippen molar-refractivity contribution in [3.05, 3.63) is 35.9 Å². The molecule has 1 aliphatic rings. The van der Waals surface area contributed by atoms with Gasteiger partial charge in [-0.3, -0.25) is 33.6 Å². The van der Waals surface area contributed by atoms with Gasteiger partial charge in [0, 0.05) is 54.2 Å². The number of aliphatic hydroxyl groups is 1. The van der Waals surface area contributed by atoms with Gasteiger partial charge in [0.25, 0.3) is 0 Å². The van der Waals surface area contributed by atoms with Gasteiger partial charge < -0.3 is 64.2 Å². The van der Waals surface area contributed by atoms with Gasteiger partial charge in [0.2, 0.25) is 35.4 Å². The van der Waals surface area contributed by atoms with E-state index in [1.165, 1.54) is 19.1 Å². The van der Waals surface area contributed by atoms with Crippen LogP contribution in [0.2, 0.25) is 0 Å². The van der Waals surface area contributed by atoms with Crippen LogP contribution in [-0.4, -0.2) is 197 Å². The number of methoxy groups -OCH3 is 2. The summed E-state index contributed by atoms with van der Waals surface area (Å²) >= 11 is 0. The van der Waals surface area contributed by atoms with E-state index in [9.17, 15) is 38.7 Å². The summed E-state index contributed by atoms with van der Waals surface area (Å²) in [6, 6.07) is 5.79. The maximum atomic E-state index is 14.7. The molecular formula is C60H105N7O15. The van der Waals surface area contributed by atoms with E-state index in [1.54, 1.807) is 70.6 Å². The highest BCUT2D eigenvalue weighted by Gasteiger charge is 2.44. The molecule has 0 spiro atoms. The van der Waals surface area contributed by atoms with Crippen LogP contribution in [0.15, 0.2) is 30.3 Å². The number of ether oxygens (including phenoxy) is 6. The topological polar surface area (TPSA) is 262 Å². The Morgan fingerprint density at radius 2 is 1.34 bits per heavy atom. The molecule has 0 saturated carbocycles. The summed E-state index contributed by atoms with van der Waals surface area (Å²) in [5, 5.41) is 19.7. The molecule has 0 unspecified atom stereocenters. The predicted molar refractivity (Wildman–Crippen MR) is 312 cm³/mol. The first-order valence-electron chi connectivity index (χ1n) is 29.6. The highest BCUT2D eigenvalue weighted by Crippen LogP contribution is 2.30. The lowest BCUT2D eigenvalue weighted by Gasteiger charge is -2.41. The second kappa shape index (κ2) is 38.8. The minimum absolute atomic E-state index is 0.0411. The molecule has 22 heteroatoms. The summed E-state index contributed by atoms with van der Waals surface area (Å²) in [6.45, 7) is 23.3. The van der Waals surface area contributed by atoms with Crippen LogP contribution in [-0.2, 0) is 62.0 Å². The van der Waals surface area contributed by atoms with Crippen LogP contribution in [0.4, 0.5) is 4.79 Å². The largest absolute Gasteiger partial charge is 0.442 e. The Morgan fingerprint density at radius 3 is 1.90 bits per heavy atom. The number of likely N-dealkylation sites (N-methyl/N-ethyl adjacent to an activating group) is 2. The monoisotopic (exact) mass is 1160 g/mol. The van der Waals surface area contributed by atoms with E-state index in [-0.39, 0.29) is 73.3 Å². The normalized spacial score (nSPS) is 17.0. The molecule has 10 atom stereocenters. The zero-order valence-electron chi connectivity index (χ0n) is 52.3. The van der Waals surface area contributed by atoms with Gasteiger partial charge in [0.1, 0.15) is 17.7 Å². The number of nitrogens with one attached hydrogen (secondary N) is 4. The molecule has 82 heavy (non-hydrogen) atoms. The summed E-state index contributed by atoms with van der Waals surface area (Å²) < 4.78 is 33.5. The SMILES string of the molecule is CC[C@H](C)[C@@H]([C@@H](CC(=O)N1CCC[C@H]1[C@H](OC)[C@@H](C)C(=O)N[C@H](C)[C@@H](O)c1ccccc1)OC)N(C)C(=O)[C@@H](NC(=O)[C@H](C(C)C)N(C)C(=O)CCCCCCC(=O)NCCOCCOCCOCCONC(=O)OC(C)(C)C)C(C)C. The first-order chi connectivity index (χ1) is 38.8. The second-order valence-electron chi connectivity index (χ2n) is 23.2. The number of rotatable bonds is 40. The Hall–Kier alpha value is -4.97. The fraction of sp³-hybridized carbons (Fsp3) is 0.783. The summed E-state index contributed by atoms with van der Waals surface area (Å²) in [6.07, 6.45) is 2.34. The Kier molecular flexibility index (Phi) is 34.6. The molecule has 0 radical (unpaired) electrons. The van der Waals surface area contributed by atoms with Gasteiger partial charge in [-0.1, -0.05) is 98.1 Å². The molecule has 0 bridgehead atoms. The molecule has 22 nitrogen and oxygen atoms in total. The van der Waals surface area contributed by atoms with Crippen molar-refractivity contribution in [2.45, 2.75) is 194 Å². The van der Waals surface area contributed by atoms with Gasteiger partial charge in [-0.25, -0.2) is 4.79 Å². The minimum Gasteiger partial charge on any atom is -0.442 e. The third kappa shape index (κ3) is 25.9. The molecule has 2 rings (SSSR count). The third-order valence-electron chi connectivity index (χ3n) is 14.9. The Morgan fingerprint density at radius 1 is 0.744 bits per heavy atom. The lowest BCUT2D eigenvalue weighted by molar-refractivity contribution is -0.148. The van der Waals surface area contributed by atoms with Gasteiger partial charge in [0.15, 0.2) is 0 Å². The fourth-order valence-electron chi connectivity index (χ4n) is 10.2. The lowest BCUT2D eigenvalue weighted by Crippen LogP contribution is -2.60. The number of likely N-dealkylation sites (tertiary alicyclic amines) is 1. The van der Waals surface area contributed by atoms with E-state index in [4.69, 9.17) is 33.3 Å². The molecule has 0 aliphatic carbocycles. The Balaban J connectivity index is 1.87. The van der Waals surface area contributed by atoms with Crippen LogP contribution < -0.4 is 21.4 Å². The molecule has 1 aromatic carbocycles. The molecule has 1 aliphatic heterocycles. The van der Waals surface area contributed by atoms with E-state index in [1.807, 2.05) is 59.7 Å². The fourth-order valence-corrected chi connectivity index (χ4v) is 10.2. The maximum absolute atomic E-state index is 14.7. The predicted octanol–water partition coefficient (Wildman–Crippen LogP) is 5.73. The van der Waals surface area contributed by atoms with Crippen LogP contribution in [0, 0.1) is 23.7 Å². The smallest absolute Gasteiger partial charge is 0.431 e. The van der Waals surface area contributed by atoms with Gasteiger partial charge in [-0.15, -0.1) is 0 Å². The first kappa shape index (κ1) is 73.1. The van der Waals surface area contributed by atoms with Crippen molar-refractivity contribution in [2.24, 2.45) is 23.7 Å². The van der Waals surface area contributed by atoms with Crippen LogP contribution in [0.25, 0.3) is 0 Å². The zero-order chi connectivity index (χ0) is 61.5. The number of hydrogen-bond donors (Lipinski definition) is 5. The summed E-state index contributed by atoms with van der Waals surface area (Å²) in [4.78, 5) is 104. The quantitative estimate of drug-likeness (QED) is 0.0388. The minimum atomic E-state index is -0.949. The molecule has 1 fully saturated rings. The highest BCUT2D eigenvalue weighted by atomic mass is 16.7. The number of hydroxylamine groups is 1. The molecule has 1 saturated heterocycles. The van der Waals surface area contributed by atoms with Crippen LogP contribution in [0.1, 0.15) is 152 Å². The maximum Gasteiger partial charge on any atom is 0.431 e. The molecule has 5 N–H and O–H groups in total. The highest BCUT2D eigenvalue weighted by molar-refractivity contribution is 5.92. The van der Waals surface area contributed by atoms with Crippen LogP contribution >= 0.6 is 0 Å². The zero-order valence-corrected chi connectivity index (χ0v) is 52.3. The number of carbonyl (C=O) groups excluding carboxylic acids is 7. The van der Waals surface area contributed by atoms with Gasteiger partial charge >= 0.3 is 6.09 Å². The van der Waals surface area contributed by atoms with Crippen molar-refractivity contribution in [3.63, 3.8) is 0 Å². The van der Waals surface area contributed by atoms with Crippen molar-refractivity contribution in [2.75, 3.05) is 87.7 Å². The number of unbranched alkanes of at least 4 members (excludes halogenated alkanes) is 3. The average Bonchev–Trinajstić information content (AvgIpc) is 3.98. The number of carbonyl (C=O) groups is 7. The molecule has 7 amide bonds. The van der Waals surface area contributed by atoms with E-state index in [0.29, 0.717) is 90.2 Å². The van der Waals surface area contributed by atoms with Crippen LogP contribution in [0.3, 0.4) is 0 Å². The third-order valence-corrected chi connectivity index (χ3v) is 14.9. The van der Waals surface area contributed by atoms with Gasteiger partial charge in [-0.2, -0.15) is 5.48 Å². The van der Waals surface area contributed by atoms with Gasteiger partial charge in [0.05, 0.1) is 95.0 Å². The first-order valence-corrected chi connectivity index (χ1v) is 29.6. The Labute approximate surface area is 489 Å². The summed E-state index contributed by atoms with van der Waals surface area (Å²) in [5.74, 6) is -2.92. The number of nitrogens with zero attached hydrogens (tertiary/aromatic N) is 3. The van der Waals surface area contributed by atoms with Crippen LogP contribution in [0.5, 0.6) is 0 Å². The van der Waals surface area contributed by atoms with Crippen molar-refractivity contribution in [3.8, 4) is 0 Å². The second-order valence-corrected chi connectivity index (χ2v) is 23.2. The molecule has 1 aromatic rings. The summed E-state index contributed by atoms with van der Waals surface area (Å²) in [5.41, 5.74) is 2.26. The van der Waals surface area contributed by atoms with Gasteiger partial charge in [-0.05, 0) is 76.7 Å². The van der Waals surface area contributed by atoms with Crippen molar-refractivity contribution in [1.29, 1.82) is 0 Å². The molecular weight excluding hydrogens is 1060 g/mol. The van der Waals surface area contributed by atoms with Crippen molar-refractivity contribution >= 4 is 41.5 Å². The van der Waals surface area contributed by atoms with E-state index >= 15 is 0 Å². The standard InChI is InChI=1S/C60H105N7O15/c1-16-42(6)53(47(76-14)39-50(70)67-31-24-27-46(67)55(77-15)43(7)56(72)62-44(8)54(71)45-25-20-19-21-26-45)66(13)58(74)51(40(2)3)63-57(73)52(41(4)5)65(12)49(69)29-23-18-17-22-28-48(68)61-30-32-78-33-34-79-35-36-80-37-38-81-64-59(75)82-60(9,10)11/h19-21,25-26,40-44,46-47,51-55,71H,16-18,22-24,27-39H2,1-15H3,(H,61,68)(H,62,72)(H,63,73)(H,64,75)/t42-,43+,44+,46-,47+,51-,52-,53-,54+,55+/m0/s1. The molecule has 1 heterocycles. The summed E-state index contributed by atoms with van der Waals surface area (Å²) in [7, 11) is 6.37. The number of hydrogen-bond acceptors (Lipinski definition) is 15. The molecule has 470 valence electrons. The lowest BCUT2D eigenvalue weighted by atomic mass is 9.89. The van der Waals surface area contributed by atoms with Crippen molar-refractivity contribution < 1.29 is 71.9 Å². The molecule has 0 aromatic heterocycles. The van der Waals surface area contributed by atoms with E-state index in [2.05, 4.69) is 21.4 Å². The van der Waals surface area contributed by atoms with E-state index in [0.717, 1.165) is 12.8 Å².